The minimum atomic E-state index is -0.732. The summed E-state index contributed by atoms with van der Waals surface area (Å²) in [6, 6.07) is 12.7. The standard InChI is InChI=1S/C28H22ClN5O5/c1-13-9-18(15(3)37-21-7-8-22(29)30-23(21)27-31-28(36)39-33-27)26-19(10-13)24(35)14(2)25(38-26)16-5-6-20-17(11-16)12-34(4)32-20/h5-12,15H,1-4H3,(H,31,33,36). The summed E-state index contributed by atoms with van der Waals surface area (Å²) in [5.74, 6) is 0.131. The van der Waals surface area contributed by atoms with Gasteiger partial charge in [0.2, 0.25) is 5.82 Å². The Kier molecular flexibility index (Phi) is 5.84. The highest BCUT2D eigenvalue weighted by Gasteiger charge is 2.22. The maximum atomic E-state index is 13.6. The van der Waals surface area contributed by atoms with Crippen molar-refractivity contribution in [2.24, 2.45) is 7.05 Å². The molecule has 0 fully saturated rings. The van der Waals surface area contributed by atoms with Crippen LogP contribution < -0.4 is 15.9 Å². The lowest BCUT2D eigenvalue weighted by molar-refractivity contribution is 0.227. The van der Waals surface area contributed by atoms with Gasteiger partial charge in [0, 0.05) is 35.3 Å². The van der Waals surface area contributed by atoms with Crippen LogP contribution >= 0.6 is 11.6 Å². The molecular weight excluding hydrogens is 522 g/mol. The van der Waals surface area contributed by atoms with E-state index in [0.29, 0.717) is 33.6 Å². The van der Waals surface area contributed by atoms with E-state index < -0.39 is 11.9 Å². The average molecular weight is 544 g/mol. The Morgan fingerprint density at radius 2 is 1.92 bits per heavy atom. The zero-order valence-corrected chi connectivity index (χ0v) is 22.2. The number of benzene rings is 2. The van der Waals surface area contributed by atoms with Crippen LogP contribution in [0.4, 0.5) is 0 Å². The van der Waals surface area contributed by atoms with Crippen molar-refractivity contribution < 1.29 is 13.7 Å². The van der Waals surface area contributed by atoms with E-state index in [1.54, 1.807) is 23.7 Å². The molecule has 196 valence electrons. The fourth-order valence-corrected chi connectivity index (χ4v) is 4.86. The molecule has 6 aromatic rings. The van der Waals surface area contributed by atoms with Gasteiger partial charge in [-0.2, -0.15) is 5.10 Å². The van der Waals surface area contributed by atoms with Gasteiger partial charge in [-0.05, 0) is 68.8 Å². The van der Waals surface area contributed by atoms with Crippen LogP contribution in [0.3, 0.4) is 0 Å². The summed E-state index contributed by atoms with van der Waals surface area (Å²) in [5.41, 5.74) is 4.18. The number of fused-ring (bicyclic) bond motifs is 2. The van der Waals surface area contributed by atoms with Crippen molar-refractivity contribution in [2.45, 2.75) is 26.9 Å². The molecule has 1 unspecified atom stereocenters. The SMILES string of the molecule is Cc1cc(C(C)Oc2ccc(Cl)nc2-c2noc(=O)[nH]2)c2oc(-c3ccc4nn(C)cc4c3)c(C)c(=O)c2c1. The topological polar surface area (TPSA) is 129 Å². The van der Waals surface area contributed by atoms with Crippen LogP contribution in [0.1, 0.15) is 29.7 Å². The van der Waals surface area contributed by atoms with E-state index in [0.717, 1.165) is 22.0 Å². The summed E-state index contributed by atoms with van der Waals surface area (Å²) in [6.07, 6.45) is 1.32. The largest absolute Gasteiger partial charge is 0.483 e. The first kappa shape index (κ1) is 24.6. The molecule has 39 heavy (non-hydrogen) atoms. The predicted molar refractivity (Wildman–Crippen MR) is 146 cm³/mol. The number of halogens is 1. The lowest BCUT2D eigenvalue weighted by Crippen LogP contribution is -2.12. The summed E-state index contributed by atoms with van der Waals surface area (Å²) in [6.45, 7) is 5.50. The van der Waals surface area contributed by atoms with E-state index in [1.165, 1.54) is 0 Å². The summed E-state index contributed by atoms with van der Waals surface area (Å²) in [5, 5.41) is 9.72. The minimum Gasteiger partial charge on any atom is -0.483 e. The van der Waals surface area contributed by atoms with Gasteiger partial charge in [-0.3, -0.25) is 19.0 Å². The number of nitrogens with one attached hydrogen (secondary N) is 1. The van der Waals surface area contributed by atoms with Crippen LogP contribution in [0.5, 0.6) is 5.75 Å². The lowest BCUT2D eigenvalue weighted by Gasteiger charge is -2.19. The van der Waals surface area contributed by atoms with Gasteiger partial charge in [0.1, 0.15) is 28.3 Å². The van der Waals surface area contributed by atoms with E-state index in [9.17, 15) is 9.59 Å². The molecule has 0 radical (unpaired) electrons. The Labute approximate surface area is 225 Å². The average Bonchev–Trinajstić information content (AvgIpc) is 3.50. The molecule has 0 aliphatic heterocycles. The van der Waals surface area contributed by atoms with Gasteiger partial charge < -0.3 is 9.15 Å². The number of ether oxygens (including phenoxy) is 1. The van der Waals surface area contributed by atoms with Crippen molar-refractivity contribution in [1.29, 1.82) is 0 Å². The van der Waals surface area contributed by atoms with Gasteiger partial charge in [-0.15, -0.1) is 0 Å². The van der Waals surface area contributed by atoms with Crippen molar-refractivity contribution >= 4 is 33.5 Å². The van der Waals surface area contributed by atoms with Crippen LogP contribution in [0.15, 0.2) is 67.2 Å². The molecule has 4 aromatic heterocycles. The van der Waals surface area contributed by atoms with Crippen molar-refractivity contribution in [3.63, 3.8) is 0 Å². The molecule has 0 aliphatic rings. The zero-order valence-electron chi connectivity index (χ0n) is 21.4. The Bertz CT molecular complexity index is 2020. The lowest BCUT2D eigenvalue weighted by atomic mass is 9.99. The maximum absolute atomic E-state index is 13.6. The van der Waals surface area contributed by atoms with Gasteiger partial charge in [-0.1, -0.05) is 16.8 Å². The van der Waals surface area contributed by atoms with E-state index in [2.05, 4.69) is 24.7 Å². The molecule has 11 heteroatoms. The quantitative estimate of drug-likeness (QED) is 0.282. The third-order valence-corrected chi connectivity index (χ3v) is 6.71. The molecule has 2 aromatic carbocycles. The van der Waals surface area contributed by atoms with Crippen molar-refractivity contribution in [3.8, 4) is 28.6 Å². The summed E-state index contributed by atoms with van der Waals surface area (Å²) < 4.78 is 19.1. The second-order valence-corrected chi connectivity index (χ2v) is 9.76. The molecule has 0 bridgehead atoms. The van der Waals surface area contributed by atoms with E-state index >= 15 is 0 Å². The first-order valence-corrected chi connectivity index (χ1v) is 12.5. The molecule has 0 saturated heterocycles. The van der Waals surface area contributed by atoms with Crippen molar-refractivity contribution in [1.82, 2.24) is 24.9 Å². The Morgan fingerprint density at radius 1 is 1.10 bits per heavy atom. The van der Waals surface area contributed by atoms with E-state index in [-0.39, 0.29) is 22.1 Å². The fraction of sp³-hybridized carbons (Fsp3) is 0.179. The zero-order chi connectivity index (χ0) is 27.4. The highest BCUT2D eigenvalue weighted by atomic mass is 35.5. The number of aromatic amines is 1. The van der Waals surface area contributed by atoms with Crippen molar-refractivity contribution in [3.05, 3.63) is 91.3 Å². The maximum Gasteiger partial charge on any atom is 0.439 e. The molecular formula is C28H22ClN5O5. The Balaban J connectivity index is 1.49. The van der Waals surface area contributed by atoms with Gasteiger partial charge in [0.15, 0.2) is 11.1 Å². The number of H-pyrrole nitrogens is 1. The van der Waals surface area contributed by atoms with Crippen molar-refractivity contribution in [2.75, 3.05) is 0 Å². The summed E-state index contributed by atoms with van der Waals surface area (Å²) in [4.78, 5) is 31.8. The smallest absolute Gasteiger partial charge is 0.439 e. The predicted octanol–water partition coefficient (Wildman–Crippen LogP) is 5.50. The molecule has 0 saturated carbocycles. The first-order chi connectivity index (χ1) is 18.7. The second-order valence-electron chi connectivity index (χ2n) is 9.38. The number of aromatic nitrogens is 5. The Hall–Kier alpha value is -4.70. The molecule has 0 spiro atoms. The number of rotatable bonds is 5. The highest BCUT2D eigenvalue weighted by Crippen LogP contribution is 2.35. The molecule has 4 heterocycles. The number of aryl methyl sites for hydroxylation is 2. The second kappa shape index (κ2) is 9.25. The van der Waals surface area contributed by atoms with Crippen LogP contribution in [0.25, 0.3) is 44.7 Å². The molecule has 10 nitrogen and oxygen atoms in total. The van der Waals surface area contributed by atoms with Gasteiger partial charge in [0.05, 0.1) is 10.9 Å². The Morgan fingerprint density at radius 3 is 2.69 bits per heavy atom. The molecule has 1 atom stereocenters. The monoisotopic (exact) mass is 543 g/mol. The van der Waals surface area contributed by atoms with Gasteiger partial charge in [-0.25, -0.2) is 9.78 Å². The number of pyridine rings is 1. The van der Waals surface area contributed by atoms with Crippen LogP contribution in [0, 0.1) is 13.8 Å². The van der Waals surface area contributed by atoms with Crippen LogP contribution in [-0.4, -0.2) is 24.9 Å². The van der Waals surface area contributed by atoms with E-state index in [1.807, 2.05) is 57.4 Å². The fourth-order valence-electron chi connectivity index (χ4n) is 4.71. The van der Waals surface area contributed by atoms with Gasteiger partial charge >= 0.3 is 5.76 Å². The third kappa shape index (κ3) is 4.38. The summed E-state index contributed by atoms with van der Waals surface area (Å²) in [7, 11) is 1.86. The van der Waals surface area contributed by atoms with E-state index in [4.69, 9.17) is 20.8 Å². The molecule has 6 rings (SSSR count). The molecule has 0 aliphatic carbocycles. The highest BCUT2D eigenvalue weighted by molar-refractivity contribution is 6.29. The minimum absolute atomic E-state index is 0.0778. The molecule has 0 amide bonds. The molecule has 1 N–H and O–H groups in total. The van der Waals surface area contributed by atoms with Gasteiger partial charge in [0.25, 0.3) is 0 Å². The van der Waals surface area contributed by atoms with Crippen LogP contribution in [-0.2, 0) is 7.05 Å². The number of hydrogen-bond donors (Lipinski definition) is 1. The first-order valence-electron chi connectivity index (χ1n) is 12.1. The summed E-state index contributed by atoms with van der Waals surface area (Å²) >= 11 is 6.10. The number of hydrogen-bond acceptors (Lipinski definition) is 8. The number of nitrogens with zero attached hydrogens (tertiary/aromatic N) is 4. The third-order valence-electron chi connectivity index (χ3n) is 6.50. The van der Waals surface area contributed by atoms with Crippen LogP contribution in [0.2, 0.25) is 5.15 Å². The normalized spacial score (nSPS) is 12.3.